The van der Waals surface area contributed by atoms with E-state index in [0.29, 0.717) is 0 Å². The quantitative estimate of drug-likeness (QED) is 0.890. The summed E-state index contributed by atoms with van der Waals surface area (Å²) in [5.41, 5.74) is 2.28. The van der Waals surface area contributed by atoms with Crippen molar-refractivity contribution in [1.29, 1.82) is 0 Å². The van der Waals surface area contributed by atoms with Gasteiger partial charge in [0.15, 0.2) is 0 Å². The Bertz CT molecular complexity index is 513. The van der Waals surface area contributed by atoms with Crippen LogP contribution in [0.15, 0.2) is 0 Å². The van der Waals surface area contributed by atoms with Crippen LogP contribution in [-0.4, -0.2) is 21.6 Å². The number of aromatic nitrogens is 3. The number of hydrogen-bond acceptors (Lipinski definition) is 6. The summed E-state index contributed by atoms with van der Waals surface area (Å²) < 4.78 is 4.11. The van der Waals surface area contributed by atoms with E-state index >= 15 is 0 Å². The van der Waals surface area contributed by atoms with Crippen LogP contribution in [0.1, 0.15) is 45.5 Å². The van der Waals surface area contributed by atoms with Crippen molar-refractivity contribution >= 4 is 22.9 Å². The third kappa shape index (κ3) is 3.38. The average Bonchev–Trinajstić information content (AvgIpc) is 2.95. The van der Waals surface area contributed by atoms with Gasteiger partial charge in [-0.15, -0.1) is 16.4 Å². The van der Waals surface area contributed by atoms with Crippen LogP contribution >= 0.6 is 22.9 Å². The summed E-state index contributed by atoms with van der Waals surface area (Å²) in [6.45, 7) is 6.37. The normalized spacial score (nSPS) is 12.8. The summed E-state index contributed by atoms with van der Waals surface area (Å²) in [4.78, 5) is 7.19. The topological polar surface area (TPSA) is 50.7 Å². The monoisotopic (exact) mass is 296 g/mol. The fourth-order valence-corrected chi connectivity index (χ4v) is 3.80. The fraction of sp³-hybridized carbons (Fsp3) is 0.615. The number of aryl methyl sites for hydroxylation is 3. The summed E-state index contributed by atoms with van der Waals surface area (Å²) in [6.07, 6.45) is 3.01. The Morgan fingerprint density at radius 3 is 2.68 bits per heavy atom. The Hall–Kier alpha value is -0.850. The van der Waals surface area contributed by atoms with E-state index in [-0.39, 0.29) is 6.04 Å². The smallest absolute Gasteiger partial charge is 0.0950 e. The number of nitrogens with one attached hydrogen (secondary N) is 1. The third-order valence-electron chi connectivity index (χ3n) is 3.19. The van der Waals surface area contributed by atoms with Gasteiger partial charge in [0.25, 0.3) is 0 Å². The van der Waals surface area contributed by atoms with E-state index in [9.17, 15) is 0 Å². The summed E-state index contributed by atoms with van der Waals surface area (Å²) in [5.74, 6) is 0. The Balaban J connectivity index is 2.17. The van der Waals surface area contributed by atoms with Crippen LogP contribution in [0.5, 0.6) is 0 Å². The molecule has 0 aliphatic heterocycles. The Morgan fingerprint density at radius 2 is 2.11 bits per heavy atom. The minimum absolute atomic E-state index is 0.270. The molecule has 6 heteroatoms. The average molecular weight is 296 g/mol. The molecule has 1 N–H and O–H groups in total. The van der Waals surface area contributed by atoms with Crippen LogP contribution in [0.3, 0.4) is 0 Å². The SMILES string of the molecule is CCCc1nnsc1C(Cc1nc(C)c(C)s1)NC. The second-order valence-corrected chi connectivity index (χ2v) is 6.70. The molecule has 1 unspecified atom stereocenters. The lowest BCUT2D eigenvalue weighted by molar-refractivity contribution is 0.591. The number of thiazole rings is 1. The van der Waals surface area contributed by atoms with Crippen LogP contribution in [0.2, 0.25) is 0 Å². The van der Waals surface area contributed by atoms with Gasteiger partial charge < -0.3 is 5.32 Å². The van der Waals surface area contributed by atoms with Gasteiger partial charge in [0.2, 0.25) is 0 Å². The maximum absolute atomic E-state index is 4.63. The van der Waals surface area contributed by atoms with Crippen molar-refractivity contribution < 1.29 is 0 Å². The highest BCUT2D eigenvalue weighted by Gasteiger charge is 2.19. The summed E-state index contributed by atoms with van der Waals surface area (Å²) >= 11 is 3.29. The minimum atomic E-state index is 0.270. The van der Waals surface area contributed by atoms with E-state index in [4.69, 9.17) is 0 Å². The van der Waals surface area contributed by atoms with E-state index in [1.54, 1.807) is 11.3 Å². The van der Waals surface area contributed by atoms with Crippen LogP contribution in [0.4, 0.5) is 0 Å². The Kier molecular flexibility index (Phi) is 5.01. The second kappa shape index (κ2) is 6.54. The first-order valence-electron chi connectivity index (χ1n) is 6.57. The molecule has 4 nitrogen and oxygen atoms in total. The zero-order valence-corrected chi connectivity index (χ0v) is 13.5. The zero-order chi connectivity index (χ0) is 13.8. The lowest BCUT2D eigenvalue weighted by Gasteiger charge is -2.13. The summed E-state index contributed by atoms with van der Waals surface area (Å²) in [7, 11) is 1.99. The molecule has 0 amide bonds. The lowest BCUT2D eigenvalue weighted by atomic mass is 10.1. The molecule has 0 saturated heterocycles. The molecule has 0 fully saturated rings. The maximum atomic E-state index is 4.63. The van der Waals surface area contributed by atoms with E-state index in [1.165, 1.54) is 26.3 Å². The van der Waals surface area contributed by atoms with Gasteiger partial charge in [-0.2, -0.15) is 0 Å². The Labute approximate surface area is 122 Å². The highest BCUT2D eigenvalue weighted by molar-refractivity contribution is 7.11. The molecule has 0 aliphatic rings. The van der Waals surface area contributed by atoms with Gasteiger partial charge in [-0.1, -0.05) is 17.8 Å². The first kappa shape index (κ1) is 14.6. The van der Waals surface area contributed by atoms with Crippen molar-refractivity contribution in [2.24, 2.45) is 0 Å². The maximum Gasteiger partial charge on any atom is 0.0950 e. The number of rotatable bonds is 6. The summed E-state index contributed by atoms with van der Waals surface area (Å²) in [5, 5.41) is 8.81. The van der Waals surface area contributed by atoms with Gasteiger partial charge in [-0.3, -0.25) is 0 Å². The van der Waals surface area contributed by atoms with Gasteiger partial charge in [0.1, 0.15) is 0 Å². The second-order valence-electron chi connectivity index (χ2n) is 4.63. The number of likely N-dealkylation sites (N-methyl/N-ethyl adjacent to an activating group) is 1. The van der Waals surface area contributed by atoms with Crippen LogP contribution in [-0.2, 0) is 12.8 Å². The predicted octanol–water partition coefficient (Wildman–Crippen LogP) is 3.07. The van der Waals surface area contributed by atoms with Crippen LogP contribution in [0, 0.1) is 13.8 Å². The zero-order valence-electron chi connectivity index (χ0n) is 11.9. The molecule has 19 heavy (non-hydrogen) atoms. The molecule has 2 aromatic heterocycles. The van der Waals surface area contributed by atoms with Gasteiger partial charge in [-0.25, -0.2) is 4.98 Å². The summed E-state index contributed by atoms with van der Waals surface area (Å²) in [6, 6.07) is 0.270. The molecular weight excluding hydrogens is 276 g/mol. The molecule has 0 aromatic carbocycles. The molecule has 1 atom stereocenters. The van der Waals surface area contributed by atoms with Gasteiger partial charge in [0.05, 0.1) is 27.3 Å². The molecule has 2 heterocycles. The van der Waals surface area contributed by atoms with Crippen LogP contribution < -0.4 is 5.32 Å². The first-order valence-corrected chi connectivity index (χ1v) is 8.16. The molecule has 2 aromatic rings. The molecule has 0 spiro atoms. The van der Waals surface area contributed by atoms with Crippen LogP contribution in [0.25, 0.3) is 0 Å². The van der Waals surface area contributed by atoms with Gasteiger partial charge in [-0.05, 0) is 38.8 Å². The fourth-order valence-electron chi connectivity index (χ4n) is 2.02. The largest absolute Gasteiger partial charge is 0.312 e. The Morgan fingerprint density at radius 1 is 1.32 bits per heavy atom. The molecule has 0 bridgehead atoms. The lowest BCUT2D eigenvalue weighted by Crippen LogP contribution is -2.19. The number of nitrogens with zero attached hydrogens (tertiary/aromatic N) is 3. The highest BCUT2D eigenvalue weighted by Crippen LogP contribution is 2.27. The van der Waals surface area contributed by atoms with Crippen molar-refractivity contribution in [3.63, 3.8) is 0 Å². The highest BCUT2D eigenvalue weighted by atomic mass is 32.1. The van der Waals surface area contributed by atoms with E-state index in [0.717, 1.165) is 30.7 Å². The molecule has 2 rings (SSSR count). The van der Waals surface area contributed by atoms with E-state index < -0.39 is 0 Å². The van der Waals surface area contributed by atoms with Gasteiger partial charge >= 0.3 is 0 Å². The first-order chi connectivity index (χ1) is 9.15. The van der Waals surface area contributed by atoms with Gasteiger partial charge in [0, 0.05) is 11.3 Å². The van der Waals surface area contributed by atoms with Crippen molar-refractivity contribution in [1.82, 2.24) is 19.9 Å². The molecular formula is C13H20N4S2. The van der Waals surface area contributed by atoms with E-state index in [2.05, 4.69) is 40.7 Å². The molecule has 104 valence electrons. The van der Waals surface area contributed by atoms with Crippen molar-refractivity contribution in [3.8, 4) is 0 Å². The van der Waals surface area contributed by atoms with Crippen molar-refractivity contribution in [2.75, 3.05) is 7.05 Å². The standard InChI is InChI=1S/C13H20N4S2/c1-5-6-10-13(19-17-16-10)11(14-4)7-12-15-8(2)9(3)18-12/h11,14H,5-7H2,1-4H3. The van der Waals surface area contributed by atoms with Crippen molar-refractivity contribution in [2.45, 2.75) is 46.1 Å². The molecule has 0 radical (unpaired) electrons. The van der Waals surface area contributed by atoms with Crippen molar-refractivity contribution in [3.05, 3.63) is 26.1 Å². The molecule has 0 saturated carbocycles. The minimum Gasteiger partial charge on any atom is -0.312 e. The third-order valence-corrected chi connectivity index (χ3v) is 5.16. The van der Waals surface area contributed by atoms with E-state index in [1.807, 2.05) is 7.05 Å². The number of hydrogen-bond donors (Lipinski definition) is 1. The predicted molar refractivity (Wildman–Crippen MR) is 81.0 cm³/mol. The molecule has 0 aliphatic carbocycles.